The van der Waals surface area contributed by atoms with Gasteiger partial charge in [-0.25, -0.2) is 0 Å². The Balaban J connectivity index is 2.48. The Morgan fingerprint density at radius 3 is 2.40 bits per heavy atom. The van der Waals surface area contributed by atoms with E-state index in [-0.39, 0.29) is 0 Å². The molecule has 0 atom stereocenters. The van der Waals surface area contributed by atoms with Gasteiger partial charge in [0.25, 0.3) is 0 Å². The molecule has 0 aromatic carbocycles. The van der Waals surface area contributed by atoms with Crippen molar-refractivity contribution in [2.24, 2.45) is 0 Å². The third-order valence-electron chi connectivity index (χ3n) is 0.224. The fraction of sp³-hybridized carbons (Fsp3) is 0.667. The van der Waals surface area contributed by atoms with Crippen LogP contribution in [0.5, 0.6) is 0 Å². The molecule has 0 spiro atoms. The van der Waals surface area contributed by atoms with Crippen molar-refractivity contribution in [3.05, 3.63) is 0 Å². The second kappa shape index (κ2) is 4.01. The van der Waals surface area contributed by atoms with E-state index in [9.17, 15) is 0 Å². The van der Waals surface area contributed by atoms with E-state index < -0.39 is 0 Å². The molecule has 0 saturated heterocycles. The zero-order valence-corrected chi connectivity index (χ0v) is 4.69. The van der Waals surface area contributed by atoms with Crippen molar-refractivity contribution in [1.29, 1.82) is 5.26 Å². The van der Waals surface area contributed by atoms with E-state index in [1.165, 1.54) is 0 Å². The van der Waals surface area contributed by atoms with Gasteiger partial charge < -0.3 is 0 Å². The van der Waals surface area contributed by atoms with Crippen LogP contribution in [0.2, 0.25) is 5.32 Å². The molecule has 0 amide bonds. The maximum atomic E-state index is 7.81. The molecular formula is C3H5NSe. The molecule has 2 heteroatoms. The Kier molecular flexibility index (Phi) is 4.02. The molecule has 0 saturated carbocycles. The van der Waals surface area contributed by atoms with Crippen LogP contribution in [-0.4, -0.2) is 16.0 Å². The quantitative estimate of drug-likeness (QED) is 0.470. The number of nitrogens with zero attached hydrogens (tertiary/aromatic N) is 1. The van der Waals surface area contributed by atoms with E-state index in [4.69, 9.17) is 5.26 Å². The van der Waals surface area contributed by atoms with Gasteiger partial charge in [-0.1, -0.05) is 0 Å². The minimum absolute atomic E-state index is 0.667. The third kappa shape index (κ3) is 4.01. The van der Waals surface area contributed by atoms with E-state index >= 15 is 0 Å². The summed E-state index contributed by atoms with van der Waals surface area (Å²) in [5, 5.41) is 8.73. The van der Waals surface area contributed by atoms with E-state index in [2.05, 4.69) is 16.0 Å². The van der Waals surface area contributed by atoms with Crippen LogP contribution in [-0.2, 0) is 0 Å². The monoisotopic (exact) mass is 135 g/mol. The molecule has 0 bridgehead atoms. The molecule has 0 unspecified atom stereocenters. The standard InChI is InChI=1S/C3H5NSe/c4-2-1-3-5/h5H,1,3H2. The predicted octanol–water partition coefficient (Wildman–Crippen LogP) is 0.219. The fourth-order valence-corrected chi connectivity index (χ4v) is 0.260. The van der Waals surface area contributed by atoms with Crippen molar-refractivity contribution in [3.63, 3.8) is 0 Å². The van der Waals surface area contributed by atoms with E-state index in [1.807, 2.05) is 6.07 Å². The number of hydrogen-bond acceptors (Lipinski definition) is 1. The summed E-state index contributed by atoms with van der Waals surface area (Å²) in [6.45, 7) is 0. The summed E-state index contributed by atoms with van der Waals surface area (Å²) in [4.78, 5) is 0. The van der Waals surface area contributed by atoms with Gasteiger partial charge in [0.2, 0.25) is 0 Å². The summed E-state index contributed by atoms with van der Waals surface area (Å²) in [7, 11) is 0. The van der Waals surface area contributed by atoms with Crippen molar-refractivity contribution in [3.8, 4) is 6.07 Å². The molecule has 0 N–H and O–H groups in total. The molecule has 0 aliphatic rings. The summed E-state index contributed by atoms with van der Waals surface area (Å²) in [6.07, 6.45) is 0.667. The van der Waals surface area contributed by atoms with Gasteiger partial charge in [0.1, 0.15) is 0 Å². The van der Waals surface area contributed by atoms with Gasteiger partial charge in [-0.15, -0.1) is 0 Å². The second-order valence-electron chi connectivity index (χ2n) is 0.632. The van der Waals surface area contributed by atoms with E-state index in [0.29, 0.717) is 6.42 Å². The van der Waals surface area contributed by atoms with Gasteiger partial charge in [0.05, 0.1) is 0 Å². The van der Waals surface area contributed by atoms with Crippen molar-refractivity contribution < 1.29 is 0 Å². The second-order valence-corrected chi connectivity index (χ2v) is 1.57. The summed E-state index contributed by atoms with van der Waals surface area (Å²) in [6, 6.07) is 2.00. The van der Waals surface area contributed by atoms with Crippen LogP contribution in [0.25, 0.3) is 0 Å². The molecule has 0 rings (SSSR count). The Morgan fingerprint density at radius 2 is 2.40 bits per heavy atom. The first kappa shape index (κ1) is 5.01. The number of nitriles is 1. The van der Waals surface area contributed by atoms with Gasteiger partial charge in [0.15, 0.2) is 0 Å². The number of hydrogen-bond donors (Lipinski definition) is 0. The van der Waals surface area contributed by atoms with Crippen molar-refractivity contribution in [2.75, 3.05) is 0 Å². The average molecular weight is 134 g/mol. The number of rotatable bonds is 1. The summed E-state index contributed by atoms with van der Waals surface area (Å²) >= 11 is 2.36. The third-order valence-corrected chi connectivity index (χ3v) is 0.693. The predicted molar refractivity (Wildman–Crippen MR) is 22.2 cm³/mol. The zero-order chi connectivity index (χ0) is 4.12. The Labute approximate surface area is 39.8 Å². The zero-order valence-electron chi connectivity index (χ0n) is 2.81. The van der Waals surface area contributed by atoms with Gasteiger partial charge in [-0.05, 0) is 0 Å². The first-order chi connectivity index (χ1) is 2.41. The van der Waals surface area contributed by atoms with Gasteiger partial charge in [-0.2, -0.15) is 0 Å². The SMILES string of the molecule is N#CCC[SeH]. The molecule has 0 heterocycles. The van der Waals surface area contributed by atoms with Crippen molar-refractivity contribution in [1.82, 2.24) is 0 Å². The van der Waals surface area contributed by atoms with Gasteiger partial charge in [-0.3, -0.25) is 0 Å². The first-order valence-electron chi connectivity index (χ1n) is 1.39. The van der Waals surface area contributed by atoms with E-state index in [1.54, 1.807) is 0 Å². The molecule has 0 aromatic rings. The van der Waals surface area contributed by atoms with Crippen LogP contribution < -0.4 is 0 Å². The normalized spacial score (nSPS) is 6.40. The Hall–Kier alpha value is 0.00948. The topological polar surface area (TPSA) is 23.8 Å². The molecular weight excluding hydrogens is 129 g/mol. The van der Waals surface area contributed by atoms with Crippen molar-refractivity contribution in [2.45, 2.75) is 11.7 Å². The Morgan fingerprint density at radius 1 is 1.80 bits per heavy atom. The minimum atomic E-state index is 0.667. The molecule has 0 aliphatic heterocycles. The van der Waals surface area contributed by atoms with Crippen LogP contribution in [0, 0.1) is 11.3 Å². The van der Waals surface area contributed by atoms with Crippen LogP contribution in [0.1, 0.15) is 6.42 Å². The van der Waals surface area contributed by atoms with Crippen LogP contribution >= 0.6 is 0 Å². The molecule has 0 fully saturated rings. The molecule has 28 valence electrons. The molecule has 1 nitrogen and oxygen atoms in total. The van der Waals surface area contributed by atoms with Crippen LogP contribution in [0.15, 0.2) is 0 Å². The van der Waals surface area contributed by atoms with Crippen LogP contribution in [0.4, 0.5) is 0 Å². The summed E-state index contributed by atoms with van der Waals surface area (Å²) in [5.41, 5.74) is 0. The summed E-state index contributed by atoms with van der Waals surface area (Å²) in [5.74, 6) is 0. The molecule has 0 aliphatic carbocycles. The van der Waals surface area contributed by atoms with Gasteiger partial charge >= 0.3 is 39.1 Å². The van der Waals surface area contributed by atoms with Crippen molar-refractivity contribution >= 4 is 16.0 Å². The first-order valence-corrected chi connectivity index (χ1v) is 2.72. The molecule has 0 aromatic heterocycles. The average Bonchev–Trinajstić information content (AvgIpc) is 1.41. The Bertz CT molecular complexity index is 45.3. The van der Waals surface area contributed by atoms with Gasteiger partial charge in [0, 0.05) is 0 Å². The fourth-order valence-electron chi connectivity index (χ4n) is 0.0500. The van der Waals surface area contributed by atoms with E-state index in [0.717, 1.165) is 5.32 Å². The molecule has 0 radical (unpaired) electrons. The molecule has 5 heavy (non-hydrogen) atoms. The maximum absolute atomic E-state index is 7.81. The van der Waals surface area contributed by atoms with Crippen LogP contribution in [0.3, 0.4) is 0 Å². The summed E-state index contributed by atoms with van der Waals surface area (Å²) < 4.78 is 0.